The first-order valence-electron chi connectivity index (χ1n) is 6.21. The van der Waals surface area contributed by atoms with Crippen molar-refractivity contribution in [2.75, 3.05) is 13.1 Å². The lowest BCUT2D eigenvalue weighted by Gasteiger charge is -2.23. The largest absolute Gasteiger partial charge is 0.481 e. The van der Waals surface area contributed by atoms with Crippen molar-refractivity contribution in [3.63, 3.8) is 0 Å². The molecule has 1 saturated heterocycles. The maximum atomic E-state index is 12.1. The highest BCUT2D eigenvalue weighted by Crippen LogP contribution is 2.21. The number of carbonyl (C=O) groups excluding carboxylic acids is 1. The highest BCUT2D eigenvalue weighted by Gasteiger charge is 2.35. The Morgan fingerprint density at radius 3 is 2.67 bits per heavy atom. The lowest BCUT2D eigenvalue weighted by Crippen LogP contribution is -2.41. The van der Waals surface area contributed by atoms with E-state index in [1.165, 1.54) is 0 Å². The number of nitrogens with zero attached hydrogens (tertiary/aromatic N) is 1. The summed E-state index contributed by atoms with van der Waals surface area (Å²) in [4.78, 5) is 13.8. The molecular weight excluding hydrogens is 230 g/mol. The molecule has 1 aliphatic rings. The molecule has 0 bridgehead atoms. The van der Waals surface area contributed by atoms with E-state index in [-0.39, 0.29) is 5.91 Å². The van der Waals surface area contributed by atoms with E-state index in [2.05, 4.69) is 0 Å². The number of ether oxygens (including phenoxy) is 1. The van der Waals surface area contributed by atoms with Crippen molar-refractivity contribution in [3.8, 4) is 5.75 Å². The average molecular weight is 249 g/mol. The van der Waals surface area contributed by atoms with Crippen LogP contribution in [-0.4, -0.2) is 40.7 Å². The number of likely N-dealkylation sites (tertiary alicyclic amines) is 1. The Morgan fingerprint density at radius 2 is 2.11 bits per heavy atom. The standard InChI is InChI=1S/C14H19NO3/c1-11(18-12-6-4-3-5-7-12)13(16)15-9-8-14(2,17)10-15/h3-7,11,17H,8-10H2,1-2H3. The van der Waals surface area contributed by atoms with E-state index in [4.69, 9.17) is 4.74 Å². The first-order valence-corrected chi connectivity index (χ1v) is 6.21. The number of carbonyl (C=O) groups is 1. The quantitative estimate of drug-likeness (QED) is 0.881. The van der Waals surface area contributed by atoms with Crippen LogP contribution in [-0.2, 0) is 4.79 Å². The Morgan fingerprint density at radius 1 is 1.44 bits per heavy atom. The fraction of sp³-hybridized carbons (Fsp3) is 0.500. The molecule has 2 unspecified atom stereocenters. The van der Waals surface area contributed by atoms with Gasteiger partial charge in [0.05, 0.1) is 5.60 Å². The van der Waals surface area contributed by atoms with Gasteiger partial charge in [0, 0.05) is 13.1 Å². The van der Waals surface area contributed by atoms with Gasteiger partial charge >= 0.3 is 0 Å². The molecule has 0 aromatic heterocycles. The summed E-state index contributed by atoms with van der Waals surface area (Å²) in [5.41, 5.74) is -0.762. The van der Waals surface area contributed by atoms with Crippen LogP contribution in [0.25, 0.3) is 0 Å². The van der Waals surface area contributed by atoms with Crippen LogP contribution in [0.4, 0.5) is 0 Å². The second-order valence-corrected chi connectivity index (χ2v) is 5.08. The third-order valence-corrected chi connectivity index (χ3v) is 3.17. The van der Waals surface area contributed by atoms with E-state index in [1.54, 1.807) is 18.7 Å². The molecule has 1 fully saturated rings. The summed E-state index contributed by atoms with van der Waals surface area (Å²) in [6.45, 7) is 4.47. The Labute approximate surface area is 107 Å². The van der Waals surface area contributed by atoms with E-state index in [9.17, 15) is 9.90 Å². The van der Waals surface area contributed by atoms with Crippen LogP contribution >= 0.6 is 0 Å². The zero-order chi connectivity index (χ0) is 13.2. The maximum Gasteiger partial charge on any atom is 0.263 e. The Bertz CT molecular complexity index is 416. The van der Waals surface area contributed by atoms with Crippen molar-refractivity contribution >= 4 is 5.91 Å². The number of hydrogen-bond acceptors (Lipinski definition) is 3. The van der Waals surface area contributed by atoms with Crippen LogP contribution in [0.5, 0.6) is 5.75 Å². The molecule has 0 aliphatic carbocycles. The molecule has 0 saturated carbocycles. The normalized spacial score (nSPS) is 24.9. The van der Waals surface area contributed by atoms with Crippen molar-refractivity contribution in [3.05, 3.63) is 30.3 Å². The predicted molar refractivity (Wildman–Crippen MR) is 68.4 cm³/mol. The van der Waals surface area contributed by atoms with Crippen molar-refractivity contribution in [2.24, 2.45) is 0 Å². The van der Waals surface area contributed by atoms with Gasteiger partial charge in [0.2, 0.25) is 0 Å². The topological polar surface area (TPSA) is 49.8 Å². The molecule has 4 nitrogen and oxygen atoms in total. The number of hydrogen-bond donors (Lipinski definition) is 1. The molecule has 0 spiro atoms. The van der Waals surface area contributed by atoms with Gasteiger partial charge in [0.15, 0.2) is 6.10 Å². The average Bonchev–Trinajstić information content (AvgIpc) is 2.70. The zero-order valence-electron chi connectivity index (χ0n) is 10.8. The SMILES string of the molecule is CC(Oc1ccccc1)C(=O)N1CCC(C)(O)C1. The van der Waals surface area contributed by atoms with Crippen molar-refractivity contribution < 1.29 is 14.6 Å². The van der Waals surface area contributed by atoms with E-state index in [1.807, 2.05) is 30.3 Å². The molecular formula is C14H19NO3. The van der Waals surface area contributed by atoms with Crippen molar-refractivity contribution in [1.29, 1.82) is 0 Å². The smallest absolute Gasteiger partial charge is 0.263 e. The summed E-state index contributed by atoms with van der Waals surface area (Å²) in [6, 6.07) is 9.28. The number of aliphatic hydroxyl groups is 1. The Balaban J connectivity index is 1.94. The van der Waals surface area contributed by atoms with Gasteiger partial charge in [-0.25, -0.2) is 0 Å². The van der Waals surface area contributed by atoms with Gasteiger partial charge in [0.1, 0.15) is 5.75 Å². The van der Waals surface area contributed by atoms with Gasteiger partial charge < -0.3 is 14.7 Å². The van der Waals surface area contributed by atoms with Crippen LogP contribution in [0.3, 0.4) is 0 Å². The molecule has 2 rings (SSSR count). The summed E-state index contributed by atoms with van der Waals surface area (Å²) in [5, 5.41) is 9.85. The van der Waals surface area contributed by atoms with Crippen LogP contribution in [0.2, 0.25) is 0 Å². The molecule has 4 heteroatoms. The van der Waals surface area contributed by atoms with Gasteiger partial charge in [-0.05, 0) is 32.4 Å². The second kappa shape index (κ2) is 4.98. The fourth-order valence-electron chi connectivity index (χ4n) is 2.14. The summed E-state index contributed by atoms with van der Waals surface area (Å²) >= 11 is 0. The van der Waals surface area contributed by atoms with Crippen LogP contribution in [0.15, 0.2) is 30.3 Å². The Kier molecular flexibility index (Phi) is 3.57. The van der Waals surface area contributed by atoms with Gasteiger partial charge in [0.25, 0.3) is 5.91 Å². The van der Waals surface area contributed by atoms with E-state index < -0.39 is 11.7 Å². The van der Waals surface area contributed by atoms with Gasteiger partial charge in [-0.2, -0.15) is 0 Å². The molecule has 1 heterocycles. The predicted octanol–water partition coefficient (Wildman–Crippen LogP) is 1.44. The number of rotatable bonds is 3. The number of β-amino-alcohol motifs (C(OH)–C–C–N with tert-alkyl or cyclic N) is 1. The van der Waals surface area contributed by atoms with E-state index in [0.717, 1.165) is 0 Å². The minimum absolute atomic E-state index is 0.0726. The van der Waals surface area contributed by atoms with Crippen LogP contribution in [0.1, 0.15) is 20.3 Å². The molecule has 1 N–H and O–H groups in total. The van der Waals surface area contributed by atoms with Crippen LogP contribution < -0.4 is 4.74 Å². The third-order valence-electron chi connectivity index (χ3n) is 3.17. The van der Waals surface area contributed by atoms with Crippen molar-refractivity contribution in [1.82, 2.24) is 4.90 Å². The monoisotopic (exact) mass is 249 g/mol. The first kappa shape index (κ1) is 12.9. The van der Waals surface area contributed by atoms with Gasteiger partial charge in [-0.3, -0.25) is 4.79 Å². The van der Waals surface area contributed by atoms with E-state index in [0.29, 0.717) is 25.3 Å². The number of para-hydroxylation sites is 1. The summed E-state index contributed by atoms with van der Waals surface area (Å²) < 4.78 is 5.58. The first-order chi connectivity index (χ1) is 8.48. The maximum absolute atomic E-state index is 12.1. The molecule has 18 heavy (non-hydrogen) atoms. The molecule has 98 valence electrons. The fourth-order valence-corrected chi connectivity index (χ4v) is 2.14. The number of benzene rings is 1. The highest BCUT2D eigenvalue weighted by atomic mass is 16.5. The third kappa shape index (κ3) is 3.01. The molecule has 1 aromatic rings. The highest BCUT2D eigenvalue weighted by molar-refractivity contribution is 5.81. The summed E-state index contributed by atoms with van der Waals surface area (Å²) in [7, 11) is 0. The zero-order valence-corrected chi connectivity index (χ0v) is 10.8. The van der Waals surface area contributed by atoms with E-state index >= 15 is 0 Å². The molecule has 2 atom stereocenters. The lowest BCUT2D eigenvalue weighted by atomic mass is 10.1. The van der Waals surface area contributed by atoms with Gasteiger partial charge in [-0.1, -0.05) is 18.2 Å². The minimum atomic E-state index is -0.762. The van der Waals surface area contributed by atoms with Crippen LogP contribution in [0, 0.1) is 0 Å². The molecule has 0 radical (unpaired) electrons. The minimum Gasteiger partial charge on any atom is -0.481 e. The molecule has 1 amide bonds. The van der Waals surface area contributed by atoms with Gasteiger partial charge in [-0.15, -0.1) is 0 Å². The summed E-state index contributed by atoms with van der Waals surface area (Å²) in [6.07, 6.45) is 0.0952. The number of amides is 1. The molecule has 1 aliphatic heterocycles. The van der Waals surface area contributed by atoms with Crippen molar-refractivity contribution in [2.45, 2.75) is 32.0 Å². The molecule has 1 aromatic carbocycles. The Hall–Kier alpha value is -1.55. The summed E-state index contributed by atoms with van der Waals surface area (Å²) in [5.74, 6) is 0.612. The lowest BCUT2D eigenvalue weighted by molar-refractivity contribution is -0.137. The second-order valence-electron chi connectivity index (χ2n) is 5.08.